The normalized spacial score (nSPS) is 14.0. The van der Waals surface area contributed by atoms with Gasteiger partial charge in [0.05, 0.1) is 27.6 Å². The van der Waals surface area contributed by atoms with E-state index in [9.17, 15) is 17.2 Å². The number of anilines is 1. The predicted octanol–water partition coefficient (Wildman–Crippen LogP) is 28.6. The van der Waals surface area contributed by atoms with E-state index in [-0.39, 0.29) is 180 Å². The molecule has 448 valence electrons. The molecule has 79 heavy (non-hydrogen) atoms. The topological polar surface area (TPSA) is 137 Å². The third kappa shape index (κ3) is 27.5. The Morgan fingerprint density at radius 2 is 0.937 bits per heavy atom. The van der Waals surface area contributed by atoms with Crippen LogP contribution >= 0.6 is 336 Å². The molecule has 0 saturated heterocycles. The van der Waals surface area contributed by atoms with Gasteiger partial charge in [0.15, 0.2) is 21.3 Å². The third-order valence-corrected chi connectivity index (χ3v) is 295. The fourth-order valence-electron chi connectivity index (χ4n) is 5.89. The standard InChI is InChI=1S/C25H26F2N6O3S.H44P42/c1-14(2)37(34,35)18-7-5-17(6-8-18)21-13-30-23(28)22(31-21)25-33-32-24(36-25)19-9-4-16(10-20(19)27)12-29-11-15(3)26;1-23(2)34(24(3)4)39(33(21)22)42(40(35(25(5)6)26(7)8)36(27(9)10)28(11)12)41(37(29(13)14)30(15)16)38(31(17)18)32(19)20/h4-10,13-15,29H,11-12H2,1-3H3,(H2,28,30);1-22H2/t15-;/m1./s1. The lowest BCUT2D eigenvalue weighted by Crippen LogP contribution is -2.21. The summed E-state index contributed by atoms with van der Waals surface area (Å²) in [5.41, 5.74) is 7.83. The van der Waals surface area contributed by atoms with E-state index in [1.54, 1.807) is 32.0 Å². The highest BCUT2D eigenvalue weighted by atomic mass is 33.5. The van der Waals surface area contributed by atoms with Gasteiger partial charge in [-0.3, -0.25) is 0 Å². The van der Waals surface area contributed by atoms with Gasteiger partial charge in [0.25, 0.3) is 11.8 Å². The predicted molar refractivity (Wildman–Crippen MR) is 487 cm³/mol. The van der Waals surface area contributed by atoms with Crippen molar-refractivity contribution in [2.45, 2.75) is 43.6 Å². The van der Waals surface area contributed by atoms with Gasteiger partial charge in [-0.05, 0) is 190 Å². The Bertz CT molecular complexity index is 2470. The summed E-state index contributed by atoms with van der Waals surface area (Å²) >= 11 is 0. The summed E-state index contributed by atoms with van der Waals surface area (Å²) in [6.45, 7) is 2.96. The molecule has 54 heteroatoms. The van der Waals surface area contributed by atoms with Crippen molar-refractivity contribution in [2.24, 2.45) is 0 Å². The maximum atomic E-state index is 14.7. The van der Waals surface area contributed by atoms with Crippen molar-refractivity contribution in [1.29, 1.82) is 0 Å². The number of benzene rings is 2. The number of nitrogens with zero attached hydrogens (tertiary/aromatic N) is 4. The number of hydrogen-bond acceptors (Lipinski definition) is 9. The molecule has 24 atom stereocenters. The fraction of sp³-hybridized carbons (Fsp3) is 0.280. The van der Waals surface area contributed by atoms with Gasteiger partial charge in [-0.25, -0.2) is 27.2 Å². The van der Waals surface area contributed by atoms with Crippen LogP contribution < -0.4 is 11.1 Å². The second-order valence-corrected chi connectivity index (χ2v) is 189. The lowest BCUT2D eigenvalue weighted by atomic mass is 10.1. The van der Waals surface area contributed by atoms with Crippen molar-refractivity contribution >= 4 is 352 Å². The molecule has 0 aliphatic heterocycles. The molecule has 0 radical (unpaired) electrons. The summed E-state index contributed by atoms with van der Waals surface area (Å²) in [5, 5.41) is 10.2. The molecule has 0 aliphatic rings. The average Bonchev–Trinajstić information content (AvgIpc) is 3.80. The molecule has 9 nitrogen and oxygen atoms in total. The van der Waals surface area contributed by atoms with Crippen LogP contribution in [0.1, 0.15) is 26.3 Å². The van der Waals surface area contributed by atoms with Crippen LogP contribution in [0.2, 0.25) is 0 Å². The van der Waals surface area contributed by atoms with Crippen LogP contribution in [0.4, 0.5) is 14.6 Å². The minimum Gasteiger partial charge on any atom is -0.414 e. The quantitative estimate of drug-likeness (QED) is 0.0533. The Kier molecular flexibility index (Phi) is 48.7. The van der Waals surface area contributed by atoms with E-state index in [4.69, 9.17) is 10.2 Å². The molecule has 2 aromatic carbocycles. The van der Waals surface area contributed by atoms with E-state index < -0.39 is 27.1 Å². The second-order valence-electron chi connectivity index (χ2n) is 15.3. The number of nitrogens with two attached hydrogens (primary N) is 1. The number of nitrogens with one attached hydrogen (secondary N) is 1. The Morgan fingerprint density at radius 1 is 0.557 bits per heavy atom. The Hall–Kier alpha value is 14.3. The van der Waals surface area contributed by atoms with Gasteiger partial charge in [-0.15, -0.1) is 207 Å². The summed E-state index contributed by atoms with van der Waals surface area (Å²) in [5.74, 6) is -0.670. The fourth-order valence-corrected chi connectivity index (χ4v) is 593. The van der Waals surface area contributed by atoms with Crippen LogP contribution in [0.25, 0.3) is 34.3 Å². The smallest absolute Gasteiger partial charge is 0.270 e. The van der Waals surface area contributed by atoms with Gasteiger partial charge >= 0.3 is 0 Å². The van der Waals surface area contributed by atoms with Crippen molar-refractivity contribution in [2.75, 3.05) is 12.3 Å². The zero-order valence-electron chi connectivity index (χ0n) is 42.1. The lowest BCUT2D eigenvalue weighted by molar-refractivity contribution is 0.344. The minimum atomic E-state index is -3.41. The zero-order valence-corrected chi connectivity index (χ0v) is 86.2. The highest BCUT2D eigenvalue weighted by Crippen LogP contribution is 3.43. The van der Waals surface area contributed by atoms with E-state index in [2.05, 4.69) is 222 Å². The molecule has 0 saturated carbocycles. The maximum Gasteiger partial charge on any atom is 0.270 e. The largest absolute Gasteiger partial charge is 0.414 e. The summed E-state index contributed by atoms with van der Waals surface area (Å²) in [7, 11) is 71.6. The van der Waals surface area contributed by atoms with E-state index in [0.29, 0.717) is 23.4 Å². The number of sulfone groups is 1. The molecule has 0 fully saturated rings. The van der Waals surface area contributed by atoms with Crippen molar-refractivity contribution in [3.63, 3.8) is 0 Å². The summed E-state index contributed by atoms with van der Waals surface area (Å²) in [6, 6.07) is 10.8. The molecule has 2 heterocycles. The van der Waals surface area contributed by atoms with Crippen LogP contribution in [0.3, 0.4) is 0 Å². The minimum absolute atomic E-state index is 0.0296. The first-order valence-electron chi connectivity index (χ1n) is 21.0. The van der Waals surface area contributed by atoms with Gasteiger partial charge in [-0.1, -0.05) is 18.2 Å². The first-order chi connectivity index (χ1) is 36.6. The Labute approximate surface area is 543 Å². The molecule has 0 aliphatic carbocycles. The summed E-state index contributed by atoms with van der Waals surface area (Å²) in [4.78, 5) is 8.82. The SMILES string of the molecule is CC(C)S(=O)(=O)c1ccc(-c2cnc(N)c(-c3nnc(-c4ccc(CNC[C@@H](C)F)cc4F)o3)n2)cc1.PP(P)P(P(P)P)P(P(P)P)P(P(P(P(P)P)P(P)P)P(P(P)P)P(P)P)P(P(P(P)P)P(P)P)P(P(P)P)P(P)P. The molecule has 4 rings (SSSR count). The third-order valence-electron chi connectivity index (χ3n) is 9.10. The van der Waals surface area contributed by atoms with Gasteiger partial charge < -0.3 is 15.5 Å². The highest BCUT2D eigenvalue weighted by Gasteiger charge is 2.56. The lowest BCUT2D eigenvalue weighted by Gasteiger charge is -2.56. The molecule has 2 aromatic heterocycles. The van der Waals surface area contributed by atoms with Crippen LogP contribution in [-0.2, 0) is 16.4 Å². The molecule has 0 spiro atoms. The summed E-state index contributed by atoms with van der Waals surface area (Å²) < 4.78 is 58.1. The van der Waals surface area contributed by atoms with E-state index >= 15 is 0 Å². The van der Waals surface area contributed by atoms with Crippen molar-refractivity contribution in [3.8, 4) is 34.3 Å². The van der Waals surface area contributed by atoms with Gasteiger partial charge in [0, 0.05) is 18.7 Å². The number of alkyl halides is 1. The van der Waals surface area contributed by atoms with Crippen LogP contribution in [0.5, 0.6) is 0 Å². The molecule has 0 amide bonds. The van der Waals surface area contributed by atoms with E-state index in [0.717, 1.165) is 0 Å². The Morgan fingerprint density at radius 3 is 1.30 bits per heavy atom. The molecular formula is C25H70F2N6O3P42S. The number of aromatic nitrogens is 4. The van der Waals surface area contributed by atoms with Gasteiger partial charge in [0.1, 0.15) is 12.0 Å². The molecule has 23 unspecified atom stereocenters. The monoisotopic (exact) mass is 1870 g/mol. The number of nitrogen functional groups attached to an aromatic ring is 1. The van der Waals surface area contributed by atoms with Crippen molar-refractivity contribution in [1.82, 2.24) is 25.5 Å². The first-order valence-corrected chi connectivity index (χ1v) is 98.4. The molecule has 3 N–H and O–H groups in total. The van der Waals surface area contributed by atoms with Crippen LogP contribution in [0.15, 0.2) is 58.0 Å². The zero-order chi connectivity index (χ0) is 60.3. The van der Waals surface area contributed by atoms with E-state index in [1.165, 1.54) is 37.4 Å². The summed E-state index contributed by atoms with van der Waals surface area (Å²) in [6.07, 6.45) is 0.438. The number of hydrogen-bond donors (Lipinski definition) is 2. The van der Waals surface area contributed by atoms with E-state index in [1.807, 2.05) is 0 Å². The highest BCUT2D eigenvalue weighted by molar-refractivity contribution is 9.49. The van der Waals surface area contributed by atoms with Crippen molar-refractivity contribution in [3.05, 3.63) is 60.0 Å². The number of rotatable bonds is 28. The average molecular weight is 1870 g/mol. The first kappa shape index (κ1) is 87.5. The molecule has 4 aromatic rings. The molecule has 0 bridgehead atoms. The molecular weight excluding hydrogens is 1800 g/mol. The van der Waals surface area contributed by atoms with Crippen molar-refractivity contribution < 1.29 is 21.6 Å². The van der Waals surface area contributed by atoms with Crippen LogP contribution in [0, 0.1) is 5.82 Å². The van der Waals surface area contributed by atoms with Crippen LogP contribution in [-0.4, -0.2) is 46.5 Å². The van der Waals surface area contributed by atoms with Gasteiger partial charge in [0.2, 0.25) is 0 Å². The number of halogens is 2. The maximum absolute atomic E-state index is 14.7. The Balaban J connectivity index is 0.000000417. The van der Waals surface area contributed by atoms with Gasteiger partial charge in [-0.2, -0.15) is 0 Å². The second kappa shape index (κ2) is 43.9.